The topological polar surface area (TPSA) is 100 Å². The normalized spacial score (nSPS) is 11.4. The molecule has 0 N–H and O–H groups in total. The molecule has 0 bridgehead atoms. The highest BCUT2D eigenvalue weighted by Gasteiger charge is 2.01. The fraction of sp³-hybridized carbons (Fsp3) is 0.960. The van der Waals surface area contributed by atoms with Gasteiger partial charge in [-0.15, -0.1) is 0 Å². The summed E-state index contributed by atoms with van der Waals surface area (Å²) in [4.78, 5) is 11.4. The van der Waals surface area contributed by atoms with Gasteiger partial charge in [-0.1, -0.05) is 19.8 Å². The van der Waals surface area contributed by atoms with E-state index < -0.39 is 0 Å². The summed E-state index contributed by atoms with van der Waals surface area (Å²) < 4.78 is 48.4. The zero-order valence-electron chi connectivity index (χ0n) is 22.3. The molecule has 0 saturated heterocycles. The first kappa shape index (κ1) is 34.1. The highest BCUT2D eigenvalue weighted by molar-refractivity contribution is 5.69. The van der Waals surface area contributed by atoms with Crippen molar-refractivity contribution in [2.24, 2.45) is 0 Å². The molecule has 0 saturated carbocycles. The lowest BCUT2D eigenvalue weighted by Crippen LogP contribution is -2.15. The van der Waals surface area contributed by atoms with Crippen LogP contribution in [-0.4, -0.2) is 118 Å². The maximum absolute atomic E-state index is 11.4. The first-order valence-corrected chi connectivity index (χ1v) is 13.0. The van der Waals surface area contributed by atoms with E-state index >= 15 is 0 Å². The van der Waals surface area contributed by atoms with Crippen LogP contribution in [0, 0.1) is 0 Å². The van der Waals surface area contributed by atoms with Crippen LogP contribution in [0.1, 0.15) is 46.5 Å². The standard InChI is InChI=1S/C25H50O10/c1-4-5-6-7-25(26)35-23-21-33-19-17-31-15-13-29-11-9-27-8-10-28-12-14-30-16-18-32-20-22-34-24(2)3/h24H,4-23H2,1-3H3. The molecule has 35 heavy (non-hydrogen) atoms. The fourth-order valence-corrected chi connectivity index (χ4v) is 2.57. The molecular formula is C25H50O10. The Labute approximate surface area is 212 Å². The quantitative estimate of drug-likeness (QED) is 0.110. The third kappa shape index (κ3) is 31.1. The Morgan fingerprint density at radius 1 is 0.514 bits per heavy atom. The smallest absolute Gasteiger partial charge is 0.305 e. The lowest BCUT2D eigenvalue weighted by atomic mass is 10.2. The molecular weight excluding hydrogens is 460 g/mol. The second-order valence-electron chi connectivity index (χ2n) is 7.88. The minimum absolute atomic E-state index is 0.154. The molecule has 0 amide bonds. The van der Waals surface area contributed by atoms with Crippen molar-refractivity contribution in [1.82, 2.24) is 0 Å². The van der Waals surface area contributed by atoms with Gasteiger partial charge in [-0.05, 0) is 20.3 Å². The molecule has 0 unspecified atom stereocenters. The van der Waals surface area contributed by atoms with Gasteiger partial charge in [0.15, 0.2) is 0 Å². The van der Waals surface area contributed by atoms with Crippen LogP contribution in [0.3, 0.4) is 0 Å². The van der Waals surface area contributed by atoms with E-state index in [9.17, 15) is 4.79 Å². The van der Waals surface area contributed by atoms with Crippen molar-refractivity contribution < 1.29 is 47.4 Å². The van der Waals surface area contributed by atoms with E-state index in [4.69, 9.17) is 42.6 Å². The zero-order chi connectivity index (χ0) is 25.7. The van der Waals surface area contributed by atoms with Crippen LogP contribution in [0.25, 0.3) is 0 Å². The summed E-state index contributed by atoms with van der Waals surface area (Å²) in [6, 6.07) is 0. The number of carbonyl (C=O) groups is 1. The summed E-state index contributed by atoms with van der Waals surface area (Å²) in [5.41, 5.74) is 0. The Hall–Kier alpha value is -0.850. The van der Waals surface area contributed by atoms with E-state index in [1.54, 1.807) is 0 Å². The maximum Gasteiger partial charge on any atom is 0.305 e. The number of unbranched alkanes of at least 4 members (excludes halogenated alkanes) is 2. The molecule has 10 heteroatoms. The van der Waals surface area contributed by atoms with Crippen molar-refractivity contribution in [1.29, 1.82) is 0 Å². The molecule has 0 aliphatic rings. The molecule has 0 aromatic heterocycles. The van der Waals surface area contributed by atoms with Crippen molar-refractivity contribution in [3.8, 4) is 0 Å². The van der Waals surface area contributed by atoms with Crippen LogP contribution in [0.5, 0.6) is 0 Å². The molecule has 0 aliphatic heterocycles. The van der Waals surface area contributed by atoms with E-state index in [2.05, 4.69) is 6.92 Å². The molecule has 0 aliphatic carbocycles. The minimum Gasteiger partial charge on any atom is -0.463 e. The summed E-state index contributed by atoms with van der Waals surface area (Å²) in [7, 11) is 0. The molecule has 0 fully saturated rings. The maximum atomic E-state index is 11.4. The summed E-state index contributed by atoms with van der Waals surface area (Å²) in [6.07, 6.45) is 3.75. The number of carbonyl (C=O) groups excluding carboxylic acids is 1. The van der Waals surface area contributed by atoms with Gasteiger partial charge in [0.1, 0.15) is 6.61 Å². The molecule has 0 aromatic rings. The molecule has 0 heterocycles. The van der Waals surface area contributed by atoms with Crippen LogP contribution < -0.4 is 0 Å². The van der Waals surface area contributed by atoms with E-state index in [0.29, 0.717) is 106 Å². The van der Waals surface area contributed by atoms with Gasteiger partial charge in [-0.3, -0.25) is 4.79 Å². The van der Waals surface area contributed by atoms with Gasteiger partial charge in [-0.25, -0.2) is 0 Å². The number of hydrogen-bond donors (Lipinski definition) is 0. The Morgan fingerprint density at radius 3 is 1.20 bits per heavy atom. The van der Waals surface area contributed by atoms with Crippen molar-refractivity contribution in [3.05, 3.63) is 0 Å². The predicted molar refractivity (Wildman–Crippen MR) is 132 cm³/mol. The summed E-state index contributed by atoms with van der Waals surface area (Å²) in [6.45, 7) is 14.1. The molecule has 0 spiro atoms. The highest BCUT2D eigenvalue weighted by atomic mass is 16.6. The number of ether oxygens (including phenoxy) is 9. The van der Waals surface area contributed by atoms with Gasteiger partial charge in [0.2, 0.25) is 0 Å². The van der Waals surface area contributed by atoms with Gasteiger partial charge >= 0.3 is 5.97 Å². The number of hydrogen-bond acceptors (Lipinski definition) is 10. The van der Waals surface area contributed by atoms with E-state index in [1.807, 2.05) is 13.8 Å². The van der Waals surface area contributed by atoms with E-state index in [0.717, 1.165) is 19.3 Å². The van der Waals surface area contributed by atoms with E-state index in [-0.39, 0.29) is 18.7 Å². The number of esters is 1. The van der Waals surface area contributed by atoms with Crippen LogP contribution >= 0.6 is 0 Å². The van der Waals surface area contributed by atoms with Gasteiger partial charge in [-0.2, -0.15) is 0 Å². The molecule has 0 rings (SSSR count). The first-order valence-electron chi connectivity index (χ1n) is 13.0. The Morgan fingerprint density at radius 2 is 0.857 bits per heavy atom. The molecule has 0 atom stereocenters. The zero-order valence-corrected chi connectivity index (χ0v) is 22.3. The van der Waals surface area contributed by atoms with E-state index in [1.165, 1.54) is 0 Å². The molecule has 0 aromatic carbocycles. The summed E-state index contributed by atoms with van der Waals surface area (Å²) >= 11 is 0. The predicted octanol–water partition coefficient (Wildman–Crippen LogP) is 2.65. The lowest BCUT2D eigenvalue weighted by molar-refractivity contribution is -0.145. The third-order valence-electron chi connectivity index (χ3n) is 4.39. The Bertz CT molecular complexity index is 423. The Balaban J connectivity index is 3.07. The summed E-state index contributed by atoms with van der Waals surface area (Å²) in [5, 5.41) is 0. The number of rotatable bonds is 29. The van der Waals surface area contributed by atoms with Gasteiger partial charge in [0.25, 0.3) is 0 Å². The molecule has 10 nitrogen and oxygen atoms in total. The fourth-order valence-electron chi connectivity index (χ4n) is 2.57. The Kier molecular flexibility index (Phi) is 28.7. The minimum atomic E-state index is -0.154. The monoisotopic (exact) mass is 510 g/mol. The highest BCUT2D eigenvalue weighted by Crippen LogP contribution is 2.00. The van der Waals surface area contributed by atoms with Gasteiger partial charge in [0, 0.05) is 6.42 Å². The van der Waals surface area contributed by atoms with Crippen LogP contribution in [0.4, 0.5) is 0 Å². The average Bonchev–Trinajstić information content (AvgIpc) is 2.84. The van der Waals surface area contributed by atoms with Gasteiger partial charge < -0.3 is 42.6 Å². The van der Waals surface area contributed by atoms with Crippen molar-refractivity contribution in [3.63, 3.8) is 0 Å². The lowest BCUT2D eigenvalue weighted by Gasteiger charge is -2.09. The SMILES string of the molecule is CCCCCC(=O)OCCOCCOCCOCCOCCOCCOCCOCCOC(C)C. The van der Waals surface area contributed by atoms with Crippen LogP contribution in [-0.2, 0) is 47.4 Å². The summed E-state index contributed by atoms with van der Waals surface area (Å²) in [5.74, 6) is -0.154. The third-order valence-corrected chi connectivity index (χ3v) is 4.39. The molecule has 0 radical (unpaired) electrons. The van der Waals surface area contributed by atoms with Crippen LogP contribution in [0.15, 0.2) is 0 Å². The second kappa shape index (κ2) is 29.4. The second-order valence-corrected chi connectivity index (χ2v) is 7.88. The van der Waals surface area contributed by atoms with Crippen molar-refractivity contribution >= 4 is 5.97 Å². The largest absolute Gasteiger partial charge is 0.463 e. The average molecular weight is 511 g/mol. The van der Waals surface area contributed by atoms with Crippen molar-refractivity contribution in [2.45, 2.75) is 52.6 Å². The first-order chi connectivity index (χ1) is 17.2. The van der Waals surface area contributed by atoms with Crippen molar-refractivity contribution in [2.75, 3.05) is 106 Å². The van der Waals surface area contributed by atoms with Gasteiger partial charge in [0.05, 0.1) is 105 Å². The van der Waals surface area contributed by atoms with Crippen LogP contribution in [0.2, 0.25) is 0 Å². The molecule has 210 valence electrons.